The van der Waals surface area contributed by atoms with Crippen LogP contribution in [0.4, 0.5) is 0 Å². The van der Waals surface area contributed by atoms with E-state index in [0.29, 0.717) is 17.9 Å². The minimum Gasteiger partial charge on any atom is -0.480 e. The molecule has 1 saturated heterocycles. The van der Waals surface area contributed by atoms with E-state index in [1.807, 2.05) is 6.92 Å². The number of piperidine rings is 1. The topological polar surface area (TPSA) is 52.6 Å². The summed E-state index contributed by atoms with van der Waals surface area (Å²) >= 11 is 0. The van der Waals surface area contributed by atoms with E-state index in [-0.39, 0.29) is 0 Å². The zero-order chi connectivity index (χ0) is 15.5. The number of carboxylic acids is 1. The van der Waals surface area contributed by atoms with E-state index < -0.39 is 11.5 Å². The standard InChI is InChI=1S/C17H32N2O2/c1-4-17(5-2)9-12-19(13-10-17)11-8-16(3,15(20)21)18-14-6-7-14/h14,18H,4-13H2,1-3H3,(H,20,21). The molecule has 4 heteroatoms. The molecule has 0 radical (unpaired) electrons. The lowest BCUT2D eigenvalue weighted by Crippen LogP contribution is -2.53. The Bertz CT molecular complexity index is 354. The van der Waals surface area contributed by atoms with Gasteiger partial charge in [-0.2, -0.15) is 0 Å². The van der Waals surface area contributed by atoms with Crippen LogP contribution in [0.3, 0.4) is 0 Å². The first-order valence-electron chi connectivity index (χ1n) is 8.66. The van der Waals surface area contributed by atoms with Crippen molar-refractivity contribution in [3.8, 4) is 0 Å². The third-order valence-electron chi connectivity index (χ3n) is 5.92. The van der Waals surface area contributed by atoms with E-state index in [4.69, 9.17) is 0 Å². The van der Waals surface area contributed by atoms with Crippen LogP contribution in [0.15, 0.2) is 0 Å². The second-order valence-electron chi connectivity index (χ2n) is 7.35. The maximum absolute atomic E-state index is 11.6. The third kappa shape index (κ3) is 4.19. The smallest absolute Gasteiger partial charge is 0.323 e. The molecule has 21 heavy (non-hydrogen) atoms. The summed E-state index contributed by atoms with van der Waals surface area (Å²) in [6, 6.07) is 0.431. The fourth-order valence-electron chi connectivity index (χ4n) is 3.51. The zero-order valence-electron chi connectivity index (χ0n) is 14.0. The molecule has 0 bridgehead atoms. The molecule has 2 rings (SSSR count). The SMILES string of the molecule is CCC1(CC)CCN(CCC(C)(NC2CC2)C(=O)O)CC1. The molecule has 1 aliphatic carbocycles. The molecule has 0 aromatic rings. The molecule has 1 unspecified atom stereocenters. The normalized spacial score (nSPS) is 25.5. The Hall–Kier alpha value is -0.610. The first-order chi connectivity index (χ1) is 9.93. The number of rotatable bonds is 8. The van der Waals surface area contributed by atoms with Crippen molar-refractivity contribution in [1.82, 2.24) is 10.2 Å². The molecule has 1 aliphatic heterocycles. The van der Waals surface area contributed by atoms with Gasteiger partial charge in [-0.05, 0) is 57.5 Å². The molecule has 1 heterocycles. The second kappa shape index (κ2) is 6.66. The highest BCUT2D eigenvalue weighted by atomic mass is 16.4. The molecule has 1 saturated carbocycles. The third-order valence-corrected chi connectivity index (χ3v) is 5.92. The number of likely N-dealkylation sites (tertiary alicyclic amines) is 1. The molecule has 122 valence electrons. The number of hydrogen-bond acceptors (Lipinski definition) is 3. The lowest BCUT2D eigenvalue weighted by molar-refractivity contribution is -0.144. The van der Waals surface area contributed by atoms with Crippen molar-refractivity contribution in [2.24, 2.45) is 5.41 Å². The highest BCUT2D eigenvalue weighted by molar-refractivity contribution is 5.78. The molecular weight excluding hydrogens is 264 g/mol. The van der Waals surface area contributed by atoms with Gasteiger partial charge in [-0.15, -0.1) is 0 Å². The Morgan fingerprint density at radius 1 is 1.29 bits per heavy atom. The lowest BCUT2D eigenvalue weighted by atomic mass is 9.74. The number of carboxylic acid groups (broad SMARTS) is 1. The van der Waals surface area contributed by atoms with Crippen LogP contribution in [0.1, 0.15) is 65.7 Å². The largest absolute Gasteiger partial charge is 0.480 e. The maximum atomic E-state index is 11.6. The monoisotopic (exact) mass is 296 g/mol. The van der Waals surface area contributed by atoms with Crippen molar-refractivity contribution in [2.75, 3.05) is 19.6 Å². The molecule has 0 aromatic heterocycles. The number of aliphatic carboxylic acids is 1. The summed E-state index contributed by atoms with van der Waals surface area (Å²) in [5.41, 5.74) is -0.218. The van der Waals surface area contributed by atoms with E-state index in [1.54, 1.807) is 0 Å². The Balaban J connectivity index is 1.81. The summed E-state index contributed by atoms with van der Waals surface area (Å²) in [5, 5.41) is 12.8. The molecule has 2 fully saturated rings. The first-order valence-corrected chi connectivity index (χ1v) is 8.66. The maximum Gasteiger partial charge on any atom is 0.323 e. The Morgan fingerprint density at radius 3 is 2.29 bits per heavy atom. The Kier molecular flexibility index (Phi) is 5.31. The first kappa shape index (κ1) is 16.8. The van der Waals surface area contributed by atoms with Gasteiger partial charge in [0.15, 0.2) is 0 Å². The Labute approximate surface area is 129 Å². The molecule has 1 atom stereocenters. The fourth-order valence-corrected chi connectivity index (χ4v) is 3.51. The van der Waals surface area contributed by atoms with Gasteiger partial charge in [-0.25, -0.2) is 0 Å². The summed E-state index contributed by atoms with van der Waals surface area (Å²) in [6.45, 7) is 9.61. The molecule has 4 nitrogen and oxygen atoms in total. The number of hydrogen-bond donors (Lipinski definition) is 2. The van der Waals surface area contributed by atoms with Crippen LogP contribution in [0.25, 0.3) is 0 Å². The highest BCUT2D eigenvalue weighted by Crippen LogP contribution is 2.38. The van der Waals surface area contributed by atoms with Crippen LogP contribution in [0.5, 0.6) is 0 Å². The average molecular weight is 296 g/mol. The van der Waals surface area contributed by atoms with Crippen LogP contribution < -0.4 is 5.32 Å². The van der Waals surface area contributed by atoms with E-state index in [2.05, 4.69) is 24.1 Å². The zero-order valence-corrected chi connectivity index (χ0v) is 14.0. The van der Waals surface area contributed by atoms with Crippen LogP contribution >= 0.6 is 0 Å². The van der Waals surface area contributed by atoms with E-state index >= 15 is 0 Å². The summed E-state index contributed by atoms with van der Waals surface area (Å²) in [6.07, 6.45) is 8.02. The van der Waals surface area contributed by atoms with Crippen molar-refractivity contribution < 1.29 is 9.90 Å². The van der Waals surface area contributed by atoms with Crippen LogP contribution in [0.2, 0.25) is 0 Å². The number of carbonyl (C=O) groups is 1. The molecule has 2 N–H and O–H groups in total. The van der Waals surface area contributed by atoms with Gasteiger partial charge >= 0.3 is 5.97 Å². The average Bonchev–Trinajstić information content (AvgIpc) is 3.29. The number of nitrogens with zero attached hydrogens (tertiary/aromatic N) is 1. The summed E-state index contributed by atoms with van der Waals surface area (Å²) in [5.74, 6) is -0.706. The Morgan fingerprint density at radius 2 is 1.86 bits per heavy atom. The van der Waals surface area contributed by atoms with Crippen molar-refractivity contribution in [3.63, 3.8) is 0 Å². The minimum absolute atomic E-state index is 0.431. The lowest BCUT2D eigenvalue weighted by Gasteiger charge is -2.41. The van der Waals surface area contributed by atoms with Crippen LogP contribution in [-0.4, -0.2) is 47.2 Å². The molecule has 2 aliphatic rings. The van der Waals surface area contributed by atoms with Crippen molar-refractivity contribution in [1.29, 1.82) is 0 Å². The summed E-state index contributed by atoms with van der Waals surface area (Å²) < 4.78 is 0. The fraction of sp³-hybridized carbons (Fsp3) is 0.941. The van der Waals surface area contributed by atoms with Gasteiger partial charge in [0.1, 0.15) is 5.54 Å². The van der Waals surface area contributed by atoms with Gasteiger partial charge in [0, 0.05) is 12.6 Å². The van der Waals surface area contributed by atoms with Crippen molar-refractivity contribution in [2.45, 2.75) is 77.3 Å². The highest BCUT2D eigenvalue weighted by Gasteiger charge is 2.39. The van der Waals surface area contributed by atoms with Gasteiger partial charge < -0.3 is 10.0 Å². The molecule has 0 aromatic carbocycles. The predicted octanol–water partition coefficient (Wildman–Crippen LogP) is 2.87. The van der Waals surface area contributed by atoms with Gasteiger partial charge in [-0.1, -0.05) is 26.7 Å². The van der Waals surface area contributed by atoms with Gasteiger partial charge in [0.05, 0.1) is 0 Å². The van der Waals surface area contributed by atoms with Crippen molar-refractivity contribution in [3.05, 3.63) is 0 Å². The number of nitrogens with one attached hydrogen (secondary N) is 1. The van der Waals surface area contributed by atoms with Crippen LogP contribution in [-0.2, 0) is 4.79 Å². The van der Waals surface area contributed by atoms with Crippen LogP contribution in [0, 0.1) is 5.41 Å². The summed E-state index contributed by atoms with van der Waals surface area (Å²) in [4.78, 5) is 14.0. The van der Waals surface area contributed by atoms with Gasteiger partial charge in [0.2, 0.25) is 0 Å². The van der Waals surface area contributed by atoms with Gasteiger partial charge in [0.25, 0.3) is 0 Å². The van der Waals surface area contributed by atoms with E-state index in [0.717, 1.165) is 32.5 Å². The quantitative estimate of drug-likeness (QED) is 0.723. The molecular formula is C17H32N2O2. The second-order valence-corrected chi connectivity index (χ2v) is 7.35. The molecule has 0 amide bonds. The van der Waals surface area contributed by atoms with Crippen molar-refractivity contribution >= 4 is 5.97 Å². The predicted molar refractivity (Wildman–Crippen MR) is 85.5 cm³/mol. The van der Waals surface area contributed by atoms with Gasteiger partial charge in [-0.3, -0.25) is 10.1 Å². The van der Waals surface area contributed by atoms with E-state index in [9.17, 15) is 9.90 Å². The minimum atomic E-state index is -0.759. The van der Waals surface area contributed by atoms with E-state index in [1.165, 1.54) is 25.7 Å². The summed E-state index contributed by atoms with van der Waals surface area (Å²) in [7, 11) is 0. The molecule has 0 spiro atoms.